The molecular formula is C24H22N4O4. The summed E-state index contributed by atoms with van der Waals surface area (Å²) in [6.45, 7) is 3.96. The summed E-state index contributed by atoms with van der Waals surface area (Å²) in [7, 11) is 0. The second-order valence-electron chi connectivity index (χ2n) is 7.73. The van der Waals surface area contributed by atoms with Gasteiger partial charge in [-0.25, -0.2) is 4.79 Å². The molecule has 0 aliphatic carbocycles. The highest BCUT2D eigenvalue weighted by Crippen LogP contribution is 2.56. The minimum Gasteiger partial charge on any atom is -0.462 e. The van der Waals surface area contributed by atoms with E-state index < -0.39 is 11.4 Å². The van der Waals surface area contributed by atoms with Crippen LogP contribution in [-0.2, 0) is 26.3 Å². The van der Waals surface area contributed by atoms with Gasteiger partial charge in [0, 0.05) is 16.9 Å². The molecule has 0 saturated carbocycles. The summed E-state index contributed by atoms with van der Waals surface area (Å²) in [5.41, 5.74) is 8.07. The summed E-state index contributed by atoms with van der Waals surface area (Å²) >= 11 is 0. The molecule has 2 aliphatic heterocycles. The number of nitrogens with two attached hydrogens (primary N) is 1. The van der Waals surface area contributed by atoms with Crippen LogP contribution in [0.2, 0.25) is 0 Å². The SMILES string of the molecule is CCOC(=O)C1=C(N)Oc2n[nH]c(C)c2C12C(=O)N(Cc1ccccc1)c1ccccc12. The van der Waals surface area contributed by atoms with Gasteiger partial charge in [0.2, 0.25) is 17.7 Å². The standard InChI is InChI=1S/C24H22N4O4/c1-3-31-22(29)19-20(25)32-21-18(14(2)26-27-21)24(19)16-11-7-8-12-17(16)28(23(24)30)13-15-9-5-4-6-10-15/h4-12H,3,13,25H2,1-2H3,(H,26,27). The molecule has 5 rings (SSSR count). The van der Waals surface area contributed by atoms with Crippen molar-refractivity contribution in [3.8, 4) is 5.88 Å². The van der Waals surface area contributed by atoms with Gasteiger partial charge < -0.3 is 20.1 Å². The largest absolute Gasteiger partial charge is 0.462 e. The van der Waals surface area contributed by atoms with Crippen molar-refractivity contribution in [2.24, 2.45) is 5.73 Å². The van der Waals surface area contributed by atoms with E-state index in [0.717, 1.165) is 5.56 Å². The van der Waals surface area contributed by atoms with Gasteiger partial charge in [0.25, 0.3) is 0 Å². The Balaban J connectivity index is 1.80. The van der Waals surface area contributed by atoms with Crippen LogP contribution in [0.4, 0.5) is 5.69 Å². The highest BCUT2D eigenvalue weighted by atomic mass is 16.5. The van der Waals surface area contributed by atoms with E-state index in [1.54, 1.807) is 18.7 Å². The van der Waals surface area contributed by atoms with Crippen LogP contribution in [0.25, 0.3) is 0 Å². The van der Waals surface area contributed by atoms with Crippen LogP contribution >= 0.6 is 0 Å². The number of carbonyl (C=O) groups is 2. The quantitative estimate of drug-likeness (QED) is 0.616. The van der Waals surface area contributed by atoms with Crippen LogP contribution < -0.4 is 15.4 Å². The van der Waals surface area contributed by atoms with E-state index in [-0.39, 0.29) is 29.9 Å². The molecule has 8 nitrogen and oxygen atoms in total. The zero-order valence-electron chi connectivity index (χ0n) is 17.7. The lowest BCUT2D eigenvalue weighted by molar-refractivity contribution is -0.140. The third-order valence-electron chi connectivity index (χ3n) is 5.94. The topological polar surface area (TPSA) is 111 Å². The van der Waals surface area contributed by atoms with Crippen molar-refractivity contribution in [2.45, 2.75) is 25.8 Å². The van der Waals surface area contributed by atoms with Crippen LogP contribution in [0.1, 0.15) is 29.3 Å². The first-order valence-electron chi connectivity index (χ1n) is 10.4. The monoisotopic (exact) mass is 430 g/mol. The molecule has 0 saturated heterocycles. The fourth-order valence-electron chi connectivity index (χ4n) is 4.70. The number of nitrogens with zero attached hydrogens (tertiary/aromatic N) is 2. The molecule has 1 amide bonds. The smallest absolute Gasteiger partial charge is 0.341 e. The fraction of sp³-hybridized carbons (Fsp3) is 0.208. The molecule has 162 valence electrons. The molecule has 2 aromatic carbocycles. The number of benzene rings is 2. The van der Waals surface area contributed by atoms with E-state index in [4.69, 9.17) is 15.2 Å². The van der Waals surface area contributed by atoms with E-state index in [2.05, 4.69) is 10.2 Å². The molecule has 3 heterocycles. The molecule has 0 fully saturated rings. The van der Waals surface area contributed by atoms with Gasteiger partial charge in [-0.15, -0.1) is 5.10 Å². The summed E-state index contributed by atoms with van der Waals surface area (Å²) < 4.78 is 11.0. The van der Waals surface area contributed by atoms with E-state index in [0.29, 0.717) is 29.1 Å². The average molecular weight is 430 g/mol. The summed E-state index contributed by atoms with van der Waals surface area (Å²) in [5.74, 6) is -1.01. The molecule has 8 heteroatoms. The van der Waals surface area contributed by atoms with Gasteiger partial charge >= 0.3 is 5.97 Å². The summed E-state index contributed by atoms with van der Waals surface area (Å²) in [6, 6.07) is 17.1. The number of aromatic amines is 1. The van der Waals surface area contributed by atoms with Gasteiger partial charge in [-0.05, 0) is 25.5 Å². The normalized spacial score (nSPS) is 19.1. The molecule has 32 heavy (non-hydrogen) atoms. The Bertz CT molecular complexity index is 1260. The average Bonchev–Trinajstić information content (AvgIpc) is 3.27. The van der Waals surface area contributed by atoms with Crippen LogP contribution in [0.15, 0.2) is 66.1 Å². The number of nitrogens with one attached hydrogen (secondary N) is 1. The Morgan fingerprint density at radius 1 is 1.19 bits per heavy atom. The van der Waals surface area contributed by atoms with Crippen molar-refractivity contribution in [1.82, 2.24) is 10.2 Å². The van der Waals surface area contributed by atoms with Gasteiger partial charge in [0.1, 0.15) is 11.0 Å². The number of para-hydroxylation sites is 1. The van der Waals surface area contributed by atoms with Gasteiger partial charge in [-0.2, -0.15) is 0 Å². The van der Waals surface area contributed by atoms with E-state index >= 15 is 0 Å². The number of hydrogen-bond donors (Lipinski definition) is 2. The molecule has 2 aliphatic rings. The van der Waals surface area contributed by atoms with Gasteiger partial charge in [0.05, 0.1) is 18.7 Å². The summed E-state index contributed by atoms with van der Waals surface area (Å²) in [4.78, 5) is 29.2. The van der Waals surface area contributed by atoms with Crippen molar-refractivity contribution in [2.75, 3.05) is 11.5 Å². The zero-order valence-corrected chi connectivity index (χ0v) is 17.7. The van der Waals surface area contributed by atoms with Crippen molar-refractivity contribution >= 4 is 17.6 Å². The Labute approximate surface area is 184 Å². The Kier molecular flexibility index (Phi) is 4.51. The Morgan fingerprint density at radius 3 is 2.66 bits per heavy atom. The first kappa shape index (κ1) is 19.9. The highest BCUT2D eigenvalue weighted by molar-refractivity contribution is 6.18. The second-order valence-corrected chi connectivity index (χ2v) is 7.73. The van der Waals surface area contributed by atoms with Gasteiger partial charge in [-0.1, -0.05) is 48.5 Å². The van der Waals surface area contributed by atoms with E-state index in [9.17, 15) is 9.59 Å². The lowest BCUT2D eigenvalue weighted by Gasteiger charge is -2.34. The van der Waals surface area contributed by atoms with Crippen molar-refractivity contribution < 1.29 is 19.1 Å². The molecular weight excluding hydrogens is 408 g/mol. The van der Waals surface area contributed by atoms with Gasteiger partial charge in [-0.3, -0.25) is 9.89 Å². The lowest BCUT2D eigenvalue weighted by Crippen LogP contribution is -2.48. The predicted molar refractivity (Wildman–Crippen MR) is 117 cm³/mol. The van der Waals surface area contributed by atoms with Gasteiger partial charge in [0.15, 0.2) is 0 Å². The fourth-order valence-corrected chi connectivity index (χ4v) is 4.70. The third-order valence-corrected chi connectivity index (χ3v) is 5.94. The number of esters is 1. The second kappa shape index (κ2) is 7.26. The molecule has 1 atom stereocenters. The van der Waals surface area contributed by atoms with Crippen LogP contribution in [-0.4, -0.2) is 28.7 Å². The molecule has 3 N–H and O–H groups in total. The summed E-state index contributed by atoms with van der Waals surface area (Å²) in [5, 5.41) is 7.08. The maximum absolute atomic E-state index is 14.4. The molecule has 3 aromatic rings. The molecule has 1 aromatic heterocycles. The number of hydrogen-bond acceptors (Lipinski definition) is 6. The number of ether oxygens (including phenoxy) is 2. The number of H-pyrrole nitrogens is 1. The van der Waals surface area contributed by atoms with Crippen molar-refractivity contribution in [3.05, 3.63) is 88.4 Å². The number of aryl methyl sites for hydroxylation is 1. The maximum atomic E-state index is 14.4. The third kappa shape index (κ3) is 2.59. The van der Waals surface area contributed by atoms with Crippen molar-refractivity contribution in [3.63, 3.8) is 0 Å². The number of amides is 1. The van der Waals surface area contributed by atoms with Crippen LogP contribution in [0.5, 0.6) is 5.88 Å². The number of anilines is 1. The van der Waals surface area contributed by atoms with Crippen LogP contribution in [0.3, 0.4) is 0 Å². The molecule has 1 spiro atoms. The number of rotatable bonds is 4. The predicted octanol–water partition coefficient (Wildman–Crippen LogP) is 2.68. The maximum Gasteiger partial charge on any atom is 0.341 e. The van der Waals surface area contributed by atoms with Crippen LogP contribution in [0, 0.1) is 6.92 Å². The lowest BCUT2D eigenvalue weighted by atomic mass is 9.68. The first-order valence-corrected chi connectivity index (χ1v) is 10.4. The number of aromatic nitrogens is 2. The Morgan fingerprint density at radius 2 is 1.91 bits per heavy atom. The van der Waals surface area contributed by atoms with E-state index in [1.165, 1.54) is 0 Å². The minimum atomic E-state index is -1.52. The van der Waals surface area contributed by atoms with Crippen molar-refractivity contribution in [1.29, 1.82) is 0 Å². The molecule has 0 radical (unpaired) electrons. The molecule has 1 unspecified atom stereocenters. The molecule has 0 bridgehead atoms. The highest BCUT2D eigenvalue weighted by Gasteiger charge is 2.62. The minimum absolute atomic E-state index is 0.0237. The number of fused-ring (bicyclic) bond motifs is 4. The first-order chi connectivity index (χ1) is 15.5. The number of carbonyl (C=O) groups excluding carboxylic acids is 2. The summed E-state index contributed by atoms with van der Waals surface area (Å²) in [6.07, 6.45) is 0. The zero-order chi connectivity index (χ0) is 22.5. The Hall–Kier alpha value is -4.07. The van der Waals surface area contributed by atoms with E-state index in [1.807, 2.05) is 54.6 Å².